The van der Waals surface area contributed by atoms with Gasteiger partial charge < -0.3 is 44.9 Å². The van der Waals surface area contributed by atoms with Gasteiger partial charge in [-0.3, -0.25) is 14.4 Å². The van der Waals surface area contributed by atoms with Gasteiger partial charge in [0.05, 0.1) is 36.5 Å². The van der Waals surface area contributed by atoms with Crippen LogP contribution in [0.15, 0.2) is 143 Å². The van der Waals surface area contributed by atoms with Crippen molar-refractivity contribution in [2.24, 2.45) is 34.0 Å². The zero-order valence-corrected chi connectivity index (χ0v) is 71.6. The van der Waals surface area contributed by atoms with Gasteiger partial charge in [0.15, 0.2) is 32.5 Å². The summed E-state index contributed by atoms with van der Waals surface area (Å²) in [5.74, 6) is 4.45. The van der Waals surface area contributed by atoms with Crippen molar-refractivity contribution in [2.75, 3.05) is 89.7 Å². The molecule has 0 spiro atoms. The molecule has 0 radical (unpaired) electrons. The van der Waals surface area contributed by atoms with Crippen molar-refractivity contribution in [2.45, 2.75) is 190 Å². The predicted molar refractivity (Wildman–Crippen MR) is 451 cm³/mol. The third-order valence-corrected chi connectivity index (χ3v) is 28.5. The third-order valence-electron chi connectivity index (χ3n) is 24.8. The van der Waals surface area contributed by atoms with Crippen molar-refractivity contribution >= 4 is 82.7 Å². The van der Waals surface area contributed by atoms with Crippen LogP contribution < -0.4 is 59.0 Å². The monoisotopic (exact) mass is 1700 g/mol. The van der Waals surface area contributed by atoms with Crippen LogP contribution in [0.3, 0.4) is 0 Å². The molecule has 3 unspecified atom stereocenters. The molecule has 9 aromatic rings. The van der Waals surface area contributed by atoms with Gasteiger partial charge in [-0.1, -0.05) is 39.0 Å². The van der Waals surface area contributed by atoms with Crippen LogP contribution in [0.25, 0.3) is 17.5 Å². The first kappa shape index (κ1) is 82.7. The van der Waals surface area contributed by atoms with Crippen molar-refractivity contribution in [3.63, 3.8) is 0 Å². The van der Waals surface area contributed by atoms with Crippen LogP contribution >= 0.6 is 0 Å². The maximum Gasteiger partial charge on any atom is 0.281 e. The van der Waals surface area contributed by atoms with E-state index >= 15 is 0 Å². The number of pyridine rings is 6. The molecule has 3 saturated heterocycles. The lowest BCUT2D eigenvalue weighted by Gasteiger charge is -2.34. The van der Waals surface area contributed by atoms with Gasteiger partial charge in [0.2, 0.25) is 17.6 Å². The molecule has 0 aromatic carbocycles. The zero-order chi connectivity index (χ0) is 84.4. The average Bonchev–Trinajstić information content (AvgIpc) is 1.71. The fourth-order valence-electron chi connectivity index (χ4n) is 16.7. The Kier molecular flexibility index (Phi) is 22.2. The third kappa shape index (κ3) is 18.8. The zero-order valence-electron chi connectivity index (χ0n) is 69.2. The van der Waals surface area contributed by atoms with Crippen LogP contribution in [-0.2, 0) is 30.1 Å². The number of rotatable bonds is 15. The number of ether oxygens (including phenoxy) is 3. The van der Waals surface area contributed by atoms with E-state index < -0.39 is 47.8 Å². The van der Waals surface area contributed by atoms with E-state index in [0.717, 1.165) is 57.8 Å². The molecule has 18 rings (SSSR count). The Morgan fingerprint density at radius 1 is 0.367 bits per heavy atom. The first-order valence-corrected chi connectivity index (χ1v) is 45.8. The second kappa shape index (κ2) is 32.2. The summed E-state index contributed by atoms with van der Waals surface area (Å²) in [5, 5.41) is 22.7. The van der Waals surface area contributed by atoms with E-state index in [2.05, 4.69) is 137 Å². The van der Waals surface area contributed by atoms with Crippen LogP contribution in [-0.4, -0.2) is 178 Å². The van der Waals surface area contributed by atoms with E-state index in [-0.39, 0.29) is 48.4 Å². The van der Waals surface area contributed by atoms with Gasteiger partial charge in [0.25, 0.3) is 47.8 Å². The van der Waals surface area contributed by atoms with Crippen LogP contribution in [0.4, 0.5) is 34.9 Å². The number of hydrogen-bond acceptors (Lipinski definition) is 27. The first-order valence-electron chi connectivity index (χ1n) is 41.3. The quantitative estimate of drug-likeness (QED) is 0.0555. The summed E-state index contributed by atoms with van der Waals surface area (Å²) in [6.45, 7) is 25.3. The number of hydrogen-bond donors (Lipinski definition) is 6. The molecule has 3 aliphatic carbocycles. The maximum atomic E-state index is 13.5. The summed E-state index contributed by atoms with van der Waals surface area (Å²) in [6, 6.07) is 29.3. The number of fused-ring (bicyclic) bond motifs is 18. The molecular formula is C84H105N21O12S3. The topological polar surface area (TPSA) is 394 Å². The van der Waals surface area contributed by atoms with Crippen molar-refractivity contribution in [1.29, 1.82) is 0 Å². The Morgan fingerprint density at radius 3 is 0.908 bits per heavy atom. The number of aromatic nitrogens is 12. The van der Waals surface area contributed by atoms with Gasteiger partial charge in [-0.2, -0.15) is 25.3 Å². The lowest BCUT2D eigenvalue weighted by molar-refractivity contribution is 0.0972. The van der Waals surface area contributed by atoms with E-state index in [1.54, 1.807) is 124 Å². The Bertz CT molecular complexity index is 5190. The second-order valence-electron chi connectivity index (χ2n) is 36.2. The molecule has 636 valence electrons. The smallest absolute Gasteiger partial charge is 0.281 e. The lowest BCUT2D eigenvalue weighted by atomic mass is 9.94. The highest BCUT2D eigenvalue weighted by Gasteiger charge is 2.46. The molecule has 3 saturated carbocycles. The van der Waals surface area contributed by atoms with E-state index in [9.17, 15) is 39.6 Å². The molecule has 9 aromatic heterocycles. The van der Waals surface area contributed by atoms with Gasteiger partial charge in [0, 0.05) is 92.7 Å². The molecule has 3 atom stereocenters. The number of sulfonamides is 3. The number of carbonyl (C=O) groups excluding carboxylic acids is 3. The van der Waals surface area contributed by atoms with E-state index in [4.69, 9.17) is 29.2 Å². The highest BCUT2D eigenvalue weighted by Crippen LogP contribution is 2.50. The molecule has 6 fully saturated rings. The maximum absolute atomic E-state index is 13.5. The van der Waals surface area contributed by atoms with Crippen LogP contribution in [0.2, 0.25) is 0 Å². The van der Waals surface area contributed by atoms with Crippen molar-refractivity contribution < 1.29 is 53.8 Å². The molecule has 15 heterocycles. The van der Waals surface area contributed by atoms with Gasteiger partial charge in [0.1, 0.15) is 34.9 Å². The molecule has 3 amide bonds. The molecule has 9 aliphatic rings. The summed E-state index contributed by atoms with van der Waals surface area (Å²) in [7, 11) is -12.6. The number of nitrogens with one attached hydrogen (secondary N) is 6. The van der Waals surface area contributed by atoms with E-state index in [1.165, 1.54) is 56.7 Å². The van der Waals surface area contributed by atoms with Crippen LogP contribution in [0.1, 0.15) is 190 Å². The summed E-state index contributed by atoms with van der Waals surface area (Å²) in [5.41, 5.74) is 0.799. The molecule has 36 heteroatoms. The van der Waals surface area contributed by atoms with E-state index in [0.29, 0.717) is 163 Å². The average molecular weight is 1700 g/mol. The Balaban J connectivity index is 0.000000134. The minimum Gasteiger partial charge on any atom is -0.477 e. The number of anilines is 6. The largest absolute Gasteiger partial charge is 0.477 e. The summed E-state index contributed by atoms with van der Waals surface area (Å²) < 4.78 is 108. The molecular weight excluding hydrogens is 1590 g/mol. The Labute approximate surface area is 699 Å². The summed E-state index contributed by atoms with van der Waals surface area (Å²) in [6.07, 6.45) is 21.0. The number of carbonyl (C=O) groups is 3. The molecule has 6 N–H and O–H groups in total. The van der Waals surface area contributed by atoms with Gasteiger partial charge in [-0.05, 0) is 245 Å². The highest BCUT2D eigenvalue weighted by molar-refractivity contribution is 7.90. The van der Waals surface area contributed by atoms with E-state index in [1.807, 2.05) is 0 Å². The Morgan fingerprint density at radius 2 is 0.642 bits per heavy atom. The minimum absolute atomic E-state index is 0.175. The molecule has 120 heavy (non-hydrogen) atoms. The van der Waals surface area contributed by atoms with Crippen LogP contribution in [0, 0.1) is 34.0 Å². The normalized spacial score (nSPS) is 22.4. The van der Waals surface area contributed by atoms with Crippen LogP contribution in [0.5, 0.6) is 17.6 Å². The highest BCUT2D eigenvalue weighted by atomic mass is 32.2. The van der Waals surface area contributed by atoms with Gasteiger partial charge >= 0.3 is 0 Å². The van der Waals surface area contributed by atoms with Crippen molar-refractivity contribution in [3.8, 4) is 35.1 Å². The van der Waals surface area contributed by atoms with Crippen molar-refractivity contribution in [3.05, 3.63) is 144 Å². The fraction of sp³-hybridized carbons (Fsp3) is 0.500. The molecule has 12 bridgehead atoms. The molecule has 33 nitrogen and oxygen atoms in total. The van der Waals surface area contributed by atoms with Crippen molar-refractivity contribution in [1.82, 2.24) is 73.4 Å². The summed E-state index contributed by atoms with van der Waals surface area (Å²) in [4.78, 5) is 74.1. The standard InChI is InChI=1S/3C28H35N7O4S/c3*1-27(2)17-19-9-14-29-21-5-4-6-24(30-21)40(37,38)33-26(36)20-7-8-22(31-25(20)34(27)18-19)35-15-10-23(32-35)39-16-13-28(3)11-12-28/h3*4-8,10,15,19H,9,11-14,16-18H2,1-3H3,(H,29,30)(H,33,36). The number of nitrogens with zero attached hydrogens (tertiary/aromatic N) is 15. The Hall–Kier alpha value is -11.0. The second-order valence-corrected chi connectivity index (χ2v) is 41.0. The molecule has 6 aliphatic heterocycles. The lowest BCUT2D eigenvalue weighted by Crippen LogP contribution is -2.41. The fourth-order valence-corrected chi connectivity index (χ4v) is 19.5. The van der Waals surface area contributed by atoms with Gasteiger partial charge in [-0.25, -0.2) is 58.1 Å². The minimum atomic E-state index is -4.21. The first-order chi connectivity index (χ1) is 57.0. The SMILES string of the molecule is CC1(CCOc2ccn(-c3ccc4c(n3)N3CC(CCNc5cccc(n5)S(=O)(=O)NC4=O)CC3(C)C)n2)CC1.CC1(CCOc2ccn(-c3ccc4c(n3)N3CC(CCNc5cccc(n5)S(=O)(=O)NC4=O)CC3(C)C)n2)CC1.CC1(CCOc2ccn(-c3ccc4c(n3)N3CC(CCNc5cccc(n5)S(=O)(=O)NC4=O)CC3(C)C)n2)CC1. The number of amides is 3. The predicted octanol–water partition coefficient (Wildman–Crippen LogP) is 11.3. The summed E-state index contributed by atoms with van der Waals surface area (Å²) >= 11 is 0. The van der Waals surface area contributed by atoms with Gasteiger partial charge in [-0.15, -0.1) is 15.3 Å².